The monoisotopic (exact) mass is 325 g/mol. The number of rotatable bonds is 3. The minimum atomic E-state index is -1.31. The number of ether oxygens (including phenoxy) is 1. The molecule has 0 saturated carbocycles. The highest BCUT2D eigenvalue weighted by atomic mass is 32.2. The topological polar surface area (TPSA) is 72.4 Å². The molecular weight excluding hydrogens is 302 g/mol. The molecule has 2 rings (SSSR count). The van der Waals surface area contributed by atoms with E-state index in [-0.39, 0.29) is 12.1 Å². The van der Waals surface area contributed by atoms with Crippen LogP contribution >= 0.6 is 0 Å². The zero-order chi connectivity index (χ0) is 16.2. The maximum absolute atomic E-state index is 12.4. The summed E-state index contributed by atoms with van der Waals surface area (Å²) < 4.78 is 17.8. The Hall–Kier alpha value is -1.50. The van der Waals surface area contributed by atoms with Crippen LogP contribution in [0.25, 0.3) is 0 Å². The summed E-state index contributed by atoms with van der Waals surface area (Å²) in [6, 6.07) is 1.60. The smallest absolute Gasteiger partial charge is 0.410 e. The molecule has 1 fully saturated rings. The van der Waals surface area contributed by atoms with Crippen LogP contribution in [0, 0.1) is 0 Å². The van der Waals surface area contributed by atoms with Gasteiger partial charge in [0, 0.05) is 25.0 Å². The molecule has 2 heterocycles. The molecule has 22 heavy (non-hydrogen) atoms. The Labute approximate surface area is 133 Å². The van der Waals surface area contributed by atoms with Crippen molar-refractivity contribution in [2.24, 2.45) is 0 Å². The molecule has 0 radical (unpaired) electrons. The van der Waals surface area contributed by atoms with Crippen molar-refractivity contribution in [3.8, 4) is 0 Å². The second-order valence-electron chi connectivity index (χ2n) is 6.37. The molecule has 0 aliphatic carbocycles. The highest BCUT2D eigenvalue weighted by Gasteiger charge is 2.32. The Morgan fingerprint density at radius 2 is 2.05 bits per heavy atom. The van der Waals surface area contributed by atoms with E-state index >= 15 is 0 Å². The lowest BCUT2D eigenvalue weighted by molar-refractivity contribution is 0.0125. The molecule has 0 N–H and O–H groups in total. The predicted octanol–water partition coefficient (Wildman–Crippen LogP) is 2.37. The molecule has 1 aromatic heterocycles. The van der Waals surface area contributed by atoms with Crippen molar-refractivity contribution < 1.29 is 13.7 Å². The summed E-state index contributed by atoms with van der Waals surface area (Å²) in [5, 5.41) is 0.317. The first kappa shape index (κ1) is 16.9. The van der Waals surface area contributed by atoms with Crippen LogP contribution in [0.5, 0.6) is 0 Å². The normalized spacial score (nSPS) is 20.5. The summed E-state index contributed by atoms with van der Waals surface area (Å²) >= 11 is 0. The van der Waals surface area contributed by atoms with Crippen LogP contribution < -0.4 is 0 Å². The van der Waals surface area contributed by atoms with Crippen LogP contribution in [-0.4, -0.2) is 49.1 Å². The Balaban J connectivity index is 2.04. The lowest BCUT2D eigenvalue weighted by Gasteiger charge is -2.36. The zero-order valence-corrected chi connectivity index (χ0v) is 14.1. The third-order valence-electron chi connectivity index (χ3n) is 3.34. The van der Waals surface area contributed by atoms with Gasteiger partial charge in [0.1, 0.15) is 5.60 Å². The second kappa shape index (κ2) is 7.17. The maximum Gasteiger partial charge on any atom is 0.410 e. The van der Waals surface area contributed by atoms with E-state index in [9.17, 15) is 9.00 Å². The molecule has 122 valence electrons. The molecule has 1 saturated heterocycles. The molecule has 0 spiro atoms. The number of hydrogen-bond donors (Lipinski definition) is 0. The fourth-order valence-corrected chi connectivity index (χ4v) is 3.59. The predicted molar refractivity (Wildman–Crippen MR) is 83.9 cm³/mol. The van der Waals surface area contributed by atoms with Gasteiger partial charge in [0.25, 0.3) is 0 Å². The largest absolute Gasteiger partial charge is 0.444 e. The van der Waals surface area contributed by atoms with Gasteiger partial charge >= 0.3 is 6.09 Å². The van der Waals surface area contributed by atoms with Gasteiger partial charge < -0.3 is 9.64 Å². The second-order valence-corrected chi connectivity index (χ2v) is 7.76. The van der Waals surface area contributed by atoms with E-state index < -0.39 is 16.4 Å². The van der Waals surface area contributed by atoms with Crippen LogP contribution in [0.15, 0.2) is 23.6 Å². The van der Waals surface area contributed by atoms with Gasteiger partial charge in [-0.1, -0.05) is 0 Å². The van der Waals surface area contributed by atoms with E-state index in [2.05, 4.69) is 9.97 Å². The molecule has 1 aromatic rings. The van der Waals surface area contributed by atoms with E-state index in [1.165, 1.54) is 0 Å². The Morgan fingerprint density at radius 3 is 2.68 bits per heavy atom. The van der Waals surface area contributed by atoms with E-state index in [4.69, 9.17) is 4.74 Å². The highest BCUT2D eigenvalue weighted by molar-refractivity contribution is 7.84. The van der Waals surface area contributed by atoms with Gasteiger partial charge in [-0.2, -0.15) is 0 Å². The Kier molecular flexibility index (Phi) is 5.50. The van der Waals surface area contributed by atoms with Crippen LogP contribution in [0.2, 0.25) is 0 Å². The average molecular weight is 325 g/mol. The van der Waals surface area contributed by atoms with Crippen LogP contribution in [0.3, 0.4) is 0 Å². The highest BCUT2D eigenvalue weighted by Crippen LogP contribution is 2.21. The summed E-state index contributed by atoms with van der Waals surface area (Å²) in [5.41, 5.74) is -0.527. The average Bonchev–Trinajstić information content (AvgIpc) is 2.47. The summed E-state index contributed by atoms with van der Waals surface area (Å²) in [4.78, 5) is 22.1. The lowest BCUT2D eigenvalue weighted by atomic mass is 10.0. The van der Waals surface area contributed by atoms with E-state index in [0.29, 0.717) is 17.5 Å². The van der Waals surface area contributed by atoms with Gasteiger partial charge in [-0.15, -0.1) is 0 Å². The Bertz CT molecular complexity index is 531. The van der Waals surface area contributed by atoms with Crippen molar-refractivity contribution >= 4 is 16.9 Å². The first-order chi connectivity index (χ1) is 10.4. The fourth-order valence-electron chi connectivity index (χ4n) is 2.39. The lowest BCUT2D eigenvalue weighted by Crippen LogP contribution is -2.48. The molecule has 1 amide bonds. The van der Waals surface area contributed by atoms with Gasteiger partial charge in [-0.3, -0.25) is 4.21 Å². The first-order valence-electron chi connectivity index (χ1n) is 7.52. The molecule has 1 aliphatic rings. The number of likely N-dealkylation sites (tertiary alicyclic amines) is 1. The number of nitrogens with zero attached hydrogens (tertiary/aromatic N) is 3. The van der Waals surface area contributed by atoms with Crippen LogP contribution in [0.4, 0.5) is 4.79 Å². The van der Waals surface area contributed by atoms with Crippen molar-refractivity contribution in [1.29, 1.82) is 0 Å². The number of carbonyl (C=O) groups is 1. The summed E-state index contributed by atoms with van der Waals surface area (Å²) in [5.74, 6) is 0.350. The quantitative estimate of drug-likeness (QED) is 0.798. The van der Waals surface area contributed by atoms with Crippen molar-refractivity contribution in [3.05, 3.63) is 18.5 Å². The molecule has 0 aromatic carbocycles. The molecule has 6 nitrogen and oxygen atoms in total. The van der Waals surface area contributed by atoms with Crippen molar-refractivity contribution in [2.45, 2.75) is 56.8 Å². The Morgan fingerprint density at radius 1 is 1.36 bits per heavy atom. The van der Waals surface area contributed by atoms with Crippen molar-refractivity contribution in [1.82, 2.24) is 14.9 Å². The van der Waals surface area contributed by atoms with Crippen molar-refractivity contribution in [3.63, 3.8) is 0 Å². The number of amides is 1. The SMILES string of the molecule is CC(C)(C)OC(=O)N1CCCC[C@H]1C[S@](=O)c1ncccn1. The molecule has 2 atom stereocenters. The summed E-state index contributed by atoms with van der Waals surface area (Å²) in [6.45, 7) is 6.19. The standard InChI is InChI=1S/C15H23N3O3S/c1-15(2,3)21-14(19)18-10-5-4-7-12(18)11-22(20)13-16-8-6-9-17-13/h6,8-9,12H,4-5,7,10-11H2,1-3H3/t12-,22-/m0/s1. The number of carbonyl (C=O) groups excluding carboxylic acids is 1. The molecule has 1 aliphatic heterocycles. The summed E-state index contributed by atoms with van der Waals surface area (Å²) in [6.07, 6.45) is 5.63. The third kappa shape index (κ3) is 4.76. The molecule has 0 bridgehead atoms. The van der Waals surface area contributed by atoms with Crippen molar-refractivity contribution in [2.75, 3.05) is 12.3 Å². The van der Waals surface area contributed by atoms with E-state index in [1.54, 1.807) is 23.4 Å². The maximum atomic E-state index is 12.4. The zero-order valence-electron chi connectivity index (χ0n) is 13.3. The van der Waals surface area contributed by atoms with Crippen LogP contribution in [0.1, 0.15) is 40.0 Å². The van der Waals surface area contributed by atoms with Gasteiger partial charge in [0.15, 0.2) is 0 Å². The number of piperidine rings is 1. The van der Waals surface area contributed by atoms with Crippen LogP contribution in [-0.2, 0) is 15.5 Å². The molecule has 7 heteroatoms. The minimum absolute atomic E-state index is 0.0896. The molecular formula is C15H23N3O3S. The van der Waals surface area contributed by atoms with Gasteiger partial charge in [0.2, 0.25) is 5.16 Å². The van der Waals surface area contributed by atoms with E-state index in [1.807, 2.05) is 20.8 Å². The molecule has 0 unspecified atom stereocenters. The minimum Gasteiger partial charge on any atom is -0.444 e. The van der Waals surface area contributed by atoms with Gasteiger partial charge in [-0.05, 0) is 46.1 Å². The number of hydrogen-bond acceptors (Lipinski definition) is 5. The third-order valence-corrected chi connectivity index (χ3v) is 4.65. The first-order valence-corrected chi connectivity index (χ1v) is 8.84. The summed E-state index contributed by atoms with van der Waals surface area (Å²) in [7, 11) is -1.31. The van der Waals surface area contributed by atoms with E-state index in [0.717, 1.165) is 19.3 Å². The van der Waals surface area contributed by atoms with Gasteiger partial charge in [0.05, 0.1) is 16.6 Å². The fraction of sp³-hybridized carbons (Fsp3) is 0.667. The van der Waals surface area contributed by atoms with Gasteiger partial charge in [-0.25, -0.2) is 14.8 Å². The number of aromatic nitrogens is 2.